The summed E-state index contributed by atoms with van der Waals surface area (Å²) >= 11 is 0. The molecule has 0 aromatic heterocycles. The Bertz CT molecular complexity index is 923. The van der Waals surface area contributed by atoms with E-state index in [1.54, 1.807) is 6.08 Å². The van der Waals surface area contributed by atoms with Crippen molar-refractivity contribution in [1.29, 1.82) is 0 Å². The molecule has 8 nitrogen and oxygen atoms in total. The zero-order valence-electron chi connectivity index (χ0n) is 29.1. The number of likely N-dealkylation sites (N-methyl/N-ethyl adjacent to an activating group) is 1. The maximum absolute atomic E-state index is 12.7. The minimum Gasteiger partial charge on any atom is -0.387 e. The van der Waals surface area contributed by atoms with Crippen molar-refractivity contribution in [1.82, 2.24) is 5.32 Å². The molecule has 0 rings (SSSR count). The third-order valence-corrected chi connectivity index (χ3v) is 7.96. The van der Waals surface area contributed by atoms with E-state index in [-0.39, 0.29) is 19.1 Å². The average molecular weight is 654 g/mol. The van der Waals surface area contributed by atoms with Gasteiger partial charge in [0, 0.05) is 6.42 Å². The highest BCUT2D eigenvalue weighted by Crippen LogP contribution is 2.43. The zero-order valence-corrected chi connectivity index (χ0v) is 30.0. The van der Waals surface area contributed by atoms with Crippen LogP contribution in [-0.2, 0) is 18.4 Å². The first-order chi connectivity index (χ1) is 21.5. The number of hydrogen-bond acceptors (Lipinski definition) is 5. The van der Waals surface area contributed by atoms with Crippen molar-refractivity contribution in [3.63, 3.8) is 0 Å². The van der Waals surface area contributed by atoms with Crippen molar-refractivity contribution in [2.24, 2.45) is 0 Å². The molecule has 260 valence electrons. The minimum absolute atomic E-state index is 0.0490. The number of carbonyl (C=O) groups excluding carboxylic acids is 1. The number of unbranched alkanes of at least 4 members (excludes halogenated alkanes) is 8. The van der Waals surface area contributed by atoms with Crippen LogP contribution >= 0.6 is 7.82 Å². The summed E-state index contributed by atoms with van der Waals surface area (Å²) in [5.41, 5.74) is 0. The second-order valence-electron chi connectivity index (χ2n) is 12.5. The van der Waals surface area contributed by atoms with Gasteiger partial charge in [-0.1, -0.05) is 107 Å². The van der Waals surface area contributed by atoms with Crippen molar-refractivity contribution >= 4 is 13.7 Å². The lowest BCUT2D eigenvalue weighted by molar-refractivity contribution is -0.870. The topological polar surface area (TPSA) is 105 Å². The fraction of sp³-hybridized carbons (Fsp3) is 0.694. The molecule has 0 saturated heterocycles. The first-order valence-corrected chi connectivity index (χ1v) is 18.7. The molecule has 3 N–H and O–H groups in total. The molecule has 0 saturated carbocycles. The van der Waals surface area contributed by atoms with Crippen molar-refractivity contribution < 1.29 is 32.9 Å². The SMILES string of the molecule is CC/C=C\C/C=C\C/C=C\CCCCCCCC(=O)NC(COP(=O)(O)OCC[N+](C)(C)C)C(O)/C=C/CC/C=C/CCCC. The van der Waals surface area contributed by atoms with Gasteiger partial charge in [0.2, 0.25) is 5.91 Å². The van der Waals surface area contributed by atoms with Crippen LogP contribution in [0.1, 0.15) is 110 Å². The van der Waals surface area contributed by atoms with Gasteiger partial charge in [0.1, 0.15) is 13.2 Å². The highest BCUT2D eigenvalue weighted by molar-refractivity contribution is 7.47. The third kappa shape index (κ3) is 30.6. The number of hydrogen-bond donors (Lipinski definition) is 3. The minimum atomic E-state index is -4.34. The van der Waals surface area contributed by atoms with Crippen LogP contribution in [0.15, 0.2) is 60.8 Å². The summed E-state index contributed by atoms with van der Waals surface area (Å²) in [4.78, 5) is 22.8. The molecule has 3 unspecified atom stereocenters. The summed E-state index contributed by atoms with van der Waals surface area (Å²) in [6.07, 6.45) is 34.4. The molecule has 0 radical (unpaired) electrons. The molecule has 9 heteroatoms. The fourth-order valence-electron chi connectivity index (χ4n) is 4.17. The van der Waals surface area contributed by atoms with Crippen LogP contribution < -0.4 is 5.32 Å². The summed E-state index contributed by atoms with van der Waals surface area (Å²) < 4.78 is 23.3. The number of aliphatic hydroxyl groups excluding tert-OH is 1. The number of nitrogens with zero attached hydrogens (tertiary/aromatic N) is 1. The number of carbonyl (C=O) groups is 1. The Balaban J connectivity index is 4.60. The summed E-state index contributed by atoms with van der Waals surface area (Å²) in [7, 11) is 1.52. The quantitative estimate of drug-likeness (QED) is 0.0324. The van der Waals surface area contributed by atoms with E-state index in [0.717, 1.165) is 77.0 Å². The number of aliphatic hydroxyl groups is 1. The summed E-state index contributed by atoms with van der Waals surface area (Å²) in [5, 5.41) is 13.6. The monoisotopic (exact) mass is 653 g/mol. The number of phosphoric ester groups is 1. The van der Waals surface area contributed by atoms with Gasteiger partial charge in [0.15, 0.2) is 0 Å². The number of rotatable bonds is 29. The molecule has 3 atom stereocenters. The van der Waals surface area contributed by atoms with Gasteiger partial charge in [-0.25, -0.2) is 4.57 Å². The van der Waals surface area contributed by atoms with Crippen molar-refractivity contribution in [3.05, 3.63) is 60.8 Å². The Hall–Kier alpha value is -1.80. The predicted octanol–water partition coefficient (Wildman–Crippen LogP) is 8.34. The predicted molar refractivity (Wildman–Crippen MR) is 189 cm³/mol. The Morgan fingerprint density at radius 2 is 1.36 bits per heavy atom. The normalized spacial score (nSPS) is 15.6. The number of quaternary nitrogens is 1. The molecule has 1 amide bonds. The number of phosphoric acid groups is 1. The molecule has 45 heavy (non-hydrogen) atoms. The van der Waals surface area contributed by atoms with Crippen LogP contribution in [0.25, 0.3) is 0 Å². The first kappa shape index (κ1) is 43.2. The van der Waals surface area contributed by atoms with Crippen LogP contribution in [0.4, 0.5) is 0 Å². The number of allylic oxidation sites excluding steroid dienone is 9. The Kier molecular flexibility index (Phi) is 27.3. The van der Waals surface area contributed by atoms with Gasteiger partial charge in [-0.2, -0.15) is 0 Å². The maximum Gasteiger partial charge on any atom is 0.472 e. The smallest absolute Gasteiger partial charge is 0.387 e. The Morgan fingerprint density at radius 3 is 2.04 bits per heavy atom. The second-order valence-corrected chi connectivity index (χ2v) is 13.9. The Labute approximate surface area is 275 Å². The van der Waals surface area contributed by atoms with E-state index in [9.17, 15) is 19.4 Å². The number of amides is 1. The van der Waals surface area contributed by atoms with Gasteiger partial charge >= 0.3 is 7.82 Å². The van der Waals surface area contributed by atoms with E-state index in [1.165, 1.54) is 12.8 Å². The molecule has 0 heterocycles. The van der Waals surface area contributed by atoms with E-state index in [0.29, 0.717) is 17.4 Å². The van der Waals surface area contributed by atoms with Crippen molar-refractivity contribution in [2.75, 3.05) is 40.9 Å². The largest absolute Gasteiger partial charge is 0.472 e. The van der Waals surface area contributed by atoms with Crippen molar-refractivity contribution in [3.8, 4) is 0 Å². The van der Waals surface area contributed by atoms with Gasteiger partial charge in [-0.15, -0.1) is 0 Å². The standard InChI is InChI=1S/C36H65N2O6P/c1-6-8-10-12-14-16-17-18-19-20-21-22-24-26-28-30-36(40)37-34(33-44-45(41,42)43-32-31-38(3,4)5)35(39)29-27-25-23-15-13-11-9-7-2/h8,10,13-16,18-19,27,29,34-35,39H,6-7,9,11-12,17,20-26,28,30-33H2,1-5H3,(H-,37,40,41,42)/p+1/b10-8-,15-13+,16-14-,19-18-,29-27+. The van der Waals surface area contributed by atoms with Crippen LogP contribution in [0.5, 0.6) is 0 Å². The lowest BCUT2D eigenvalue weighted by Gasteiger charge is -2.25. The Morgan fingerprint density at radius 1 is 0.778 bits per heavy atom. The lowest BCUT2D eigenvalue weighted by Crippen LogP contribution is -2.45. The van der Waals surface area contributed by atoms with Gasteiger partial charge in [-0.3, -0.25) is 13.8 Å². The second kappa shape index (κ2) is 28.4. The van der Waals surface area contributed by atoms with Crippen LogP contribution in [0, 0.1) is 0 Å². The van der Waals surface area contributed by atoms with Crippen LogP contribution in [0.3, 0.4) is 0 Å². The van der Waals surface area contributed by atoms with Crippen molar-refractivity contribution in [2.45, 2.75) is 122 Å². The molecular formula is C36H66N2O6P+. The van der Waals surface area contributed by atoms with Crippen LogP contribution in [0.2, 0.25) is 0 Å². The summed E-state index contributed by atoms with van der Waals surface area (Å²) in [6.45, 7) is 4.54. The summed E-state index contributed by atoms with van der Waals surface area (Å²) in [6, 6.07) is -0.870. The average Bonchev–Trinajstić information content (AvgIpc) is 2.97. The molecule has 0 aliphatic rings. The molecule has 0 fully saturated rings. The van der Waals surface area contributed by atoms with E-state index < -0.39 is 20.0 Å². The molecule has 0 bridgehead atoms. The highest BCUT2D eigenvalue weighted by atomic mass is 31.2. The van der Waals surface area contributed by atoms with E-state index >= 15 is 0 Å². The maximum atomic E-state index is 12.7. The van der Waals surface area contributed by atoms with Gasteiger partial charge in [0.25, 0.3) is 0 Å². The van der Waals surface area contributed by atoms with E-state index in [4.69, 9.17) is 9.05 Å². The van der Waals surface area contributed by atoms with Gasteiger partial charge in [0.05, 0.1) is 39.9 Å². The summed E-state index contributed by atoms with van der Waals surface area (Å²) in [5.74, 6) is -0.213. The van der Waals surface area contributed by atoms with E-state index in [1.807, 2.05) is 27.2 Å². The fourth-order valence-corrected chi connectivity index (χ4v) is 4.91. The highest BCUT2D eigenvalue weighted by Gasteiger charge is 2.27. The molecule has 0 aromatic carbocycles. The number of nitrogens with one attached hydrogen (secondary N) is 1. The van der Waals surface area contributed by atoms with Gasteiger partial charge in [-0.05, 0) is 57.8 Å². The molecule has 0 spiro atoms. The molecular weight excluding hydrogens is 587 g/mol. The molecule has 0 aliphatic heterocycles. The van der Waals surface area contributed by atoms with Crippen LogP contribution in [-0.4, -0.2) is 73.4 Å². The first-order valence-electron chi connectivity index (χ1n) is 17.2. The molecule has 0 aliphatic carbocycles. The zero-order chi connectivity index (χ0) is 33.7. The lowest BCUT2D eigenvalue weighted by atomic mass is 10.1. The molecule has 0 aromatic rings. The van der Waals surface area contributed by atoms with Gasteiger partial charge < -0.3 is 19.8 Å². The third-order valence-electron chi connectivity index (χ3n) is 6.97. The van der Waals surface area contributed by atoms with E-state index in [2.05, 4.69) is 67.8 Å².